The van der Waals surface area contributed by atoms with Gasteiger partial charge < -0.3 is 14.4 Å². The summed E-state index contributed by atoms with van der Waals surface area (Å²) in [5, 5.41) is 2.76. The summed E-state index contributed by atoms with van der Waals surface area (Å²) in [5.74, 6) is 0.0326. The van der Waals surface area contributed by atoms with Crippen molar-refractivity contribution in [2.75, 3.05) is 19.1 Å². The van der Waals surface area contributed by atoms with Gasteiger partial charge in [0, 0.05) is 30.3 Å². The number of rotatable bonds is 6. The van der Waals surface area contributed by atoms with Crippen LogP contribution in [0.4, 0.5) is 5.69 Å². The van der Waals surface area contributed by atoms with Crippen molar-refractivity contribution in [3.63, 3.8) is 0 Å². The molecule has 5 nitrogen and oxygen atoms in total. The van der Waals surface area contributed by atoms with Gasteiger partial charge >= 0.3 is 0 Å². The molecule has 4 aromatic rings. The van der Waals surface area contributed by atoms with Gasteiger partial charge in [-0.1, -0.05) is 78.9 Å². The maximum absolute atomic E-state index is 12.1. The highest BCUT2D eigenvalue weighted by atomic mass is 32.1. The first-order valence-electron chi connectivity index (χ1n) is 13.0. The molecule has 1 unspecified atom stereocenters. The summed E-state index contributed by atoms with van der Waals surface area (Å²) < 4.78 is 10.7. The summed E-state index contributed by atoms with van der Waals surface area (Å²) in [6, 6.07) is 31.8. The second-order valence-electron chi connectivity index (χ2n) is 9.44. The molecule has 1 aliphatic rings. The number of ether oxygens (including phenoxy) is 2. The van der Waals surface area contributed by atoms with Crippen molar-refractivity contribution in [2.45, 2.75) is 12.8 Å². The van der Waals surface area contributed by atoms with Crippen LogP contribution in [0, 0.1) is 6.92 Å². The van der Waals surface area contributed by atoms with Crippen molar-refractivity contribution < 1.29 is 19.1 Å². The van der Waals surface area contributed by atoms with Crippen LogP contribution in [0.3, 0.4) is 0 Å². The zero-order valence-corrected chi connectivity index (χ0v) is 24.1. The van der Waals surface area contributed by atoms with Crippen LogP contribution in [-0.2, 0) is 14.3 Å². The Morgan fingerprint density at radius 1 is 0.854 bits per heavy atom. The monoisotopic (exact) mass is 561 g/mol. The number of nitrogens with zero attached hydrogens (tertiary/aromatic N) is 1. The number of methoxy groups -OCH3 is 1. The van der Waals surface area contributed by atoms with Gasteiger partial charge in [-0.3, -0.25) is 9.59 Å². The van der Waals surface area contributed by atoms with Gasteiger partial charge in [0.1, 0.15) is 5.75 Å². The van der Waals surface area contributed by atoms with Gasteiger partial charge in [0.2, 0.25) is 5.78 Å². The van der Waals surface area contributed by atoms with Gasteiger partial charge in [0.05, 0.1) is 7.11 Å². The van der Waals surface area contributed by atoms with Gasteiger partial charge in [-0.2, -0.15) is 0 Å². The van der Waals surface area contributed by atoms with Gasteiger partial charge in [-0.05, 0) is 71.4 Å². The molecule has 0 aromatic heterocycles. The minimum Gasteiger partial charge on any atom is -0.493 e. The van der Waals surface area contributed by atoms with E-state index in [0.717, 1.165) is 22.4 Å². The Morgan fingerprint density at radius 3 is 2.24 bits per heavy atom. The molecule has 0 saturated carbocycles. The second-order valence-corrected chi connectivity index (χ2v) is 9.79. The lowest BCUT2D eigenvalue weighted by molar-refractivity contribution is -0.117. The highest BCUT2D eigenvalue weighted by Crippen LogP contribution is 2.29. The molecular formula is C35H31NO4S. The van der Waals surface area contributed by atoms with E-state index in [1.807, 2.05) is 84.7 Å². The van der Waals surface area contributed by atoms with Crippen molar-refractivity contribution >= 4 is 45.4 Å². The minimum atomic E-state index is -0.292. The molecule has 0 N–H and O–H groups in total. The molecule has 41 heavy (non-hydrogen) atoms. The van der Waals surface area contributed by atoms with Crippen molar-refractivity contribution in [1.29, 1.82) is 0 Å². The van der Waals surface area contributed by atoms with Crippen molar-refractivity contribution in [2.24, 2.45) is 0 Å². The van der Waals surface area contributed by atoms with Crippen LogP contribution in [0.1, 0.15) is 17.0 Å². The lowest BCUT2D eigenvalue weighted by atomic mass is 9.85. The highest BCUT2D eigenvalue weighted by molar-refractivity contribution is 7.80. The molecule has 4 aromatic carbocycles. The SMILES string of the molecule is C=CC(C1=CC(=O)C(OC)=CC1=O)c1ccccc1.Cc1cccc(N(C)C(=S)Oc2ccc3ccccc3c2)c1. The van der Waals surface area contributed by atoms with E-state index in [9.17, 15) is 9.59 Å². The van der Waals surface area contributed by atoms with E-state index in [0.29, 0.717) is 10.7 Å². The fourth-order valence-electron chi connectivity index (χ4n) is 4.40. The number of hydrogen-bond acceptors (Lipinski definition) is 5. The molecule has 1 aliphatic carbocycles. The van der Waals surface area contributed by atoms with Crippen molar-refractivity contribution in [3.8, 4) is 5.75 Å². The summed E-state index contributed by atoms with van der Waals surface area (Å²) in [5.41, 5.74) is 3.56. The van der Waals surface area contributed by atoms with Gasteiger partial charge in [0.15, 0.2) is 11.5 Å². The van der Waals surface area contributed by atoms with E-state index in [1.54, 1.807) is 6.08 Å². The van der Waals surface area contributed by atoms with Gasteiger partial charge in [-0.25, -0.2) is 0 Å². The number of carbonyl (C=O) groups is 2. The molecule has 0 fully saturated rings. The van der Waals surface area contributed by atoms with Crippen LogP contribution >= 0.6 is 12.2 Å². The molecular weight excluding hydrogens is 530 g/mol. The van der Waals surface area contributed by atoms with E-state index in [4.69, 9.17) is 21.7 Å². The van der Waals surface area contributed by atoms with Crippen molar-refractivity contribution in [1.82, 2.24) is 0 Å². The molecule has 6 heteroatoms. The topological polar surface area (TPSA) is 55.8 Å². The number of anilines is 1. The molecule has 0 aliphatic heterocycles. The Bertz CT molecular complexity index is 1660. The zero-order valence-electron chi connectivity index (χ0n) is 23.2. The third-order valence-corrected chi connectivity index (χ3v) is 6.97. The average Bonchev–Trinajstić information content (AvgIpc) is 2.99. The normalized spacial score (nSPS) is 13.2. The predicted molar refractivity (Wildman–Crippen MR) is 169 cm³/mol. The summed E-state index contributed by atoms with van der Waals surface area (Å²) in [4.78, 5) is 25.7. The molecule has 206 valence electrons. The lowest BCUT2D eigenvalue weighted by Gasteiger charge is -2.20. The Labute approximate surface area is 246 Å². The first kappa shape index (κ1) is 29.2. The molecule has 0 bridgehead atoms. The van der Waals surface area contributed by atoms with Gasteiger partial charge in [-0.15, -0.1) is 6.58 Å². The summed E-state index contributed by atoms with van der Waals surface area (Å²) >= 11 is 5.41. The summed E-state index contributed by atoms with van der Waals surface area (Å²) in [6.45, 7) is 5.82. The van der Waals surface area contributed by atoms with Crippen LogP contribution in [-0.4, -0.2) is 30.9 Å². The Balaban J connectivity index is 0.000000191. The quantitative estimate of drug-likeness (QED) is 0.138. The first-order chi connectivity index (χ1) is 19.8. The number of ketones is 2. The van der Waals surface area contributed by atoms with Crippen molar-refractivity contribution in [3.05, 3.63) is 144 Å². The third kappa shape index (κ3) is 7.24. The minimum absolute atomic E-state index is 0.0737. The standard InChI is InChI=1S/C19H17NOS.C16H14O3/c1-14-6-5-9-17(12-14)20(2)19(22)21-18-11-10-15-7-3-4-8-16(15)13-18;1-3-12(11-7-5-4-6-8-11)13-9-15(18)16(19-2)10-14(13)17/h3-13H,1-2H3;3-10,12H,1H2,2H3. The smallest absolute Gasteiger partial charge is 0.269 e. The number of thiocarbonyl (C=S) groups is 1. The molecule has 5 rings (SSSR count). The van der Waals surface area contributed by atoms with Crippen LogP contribution in [0.2, 0.25) is 0 Å². The number of fused-ring (bicyclic) bond motifs is 1. The number of benzene rings is 4. The summed E-state index contributed by atoms with van der Waals surface area (Å²) in [6.07, 6.45) is 4.23. The molecule has 0 spiro atoms. The number of allylic oxidation sites excluding steroid dienone is 4. The molecule has 0 heterocycles. The third-order valence-electron chi connectivity index (χ3n) is 6.61. The summed E-state index contributed by atoms with van der Waals surface area (Å²) in [7, 11) is 3.29. The average molecular weight is 562 g/mol. The van der Waals surface area contributed by atoms with E-state index < -0.39 is 0 Å². The second kappa shape index (κ2) is 13.5. The number of carbonyl (C=O) groups excluding carboxylic acids is 2. The van der Waals surface area contributed by atoms with E-state index in [-0.39, 0.29) is 23.2 Å². The van der Waals surface area contributed by atoms with Crippen LogP contribution in [0.5, 0.6) is 5.75 Å². The van der Waals surface area contributed by atoms with E-state index in [2.05, 4.69) is 37.8 Å². The Hall–Kier alpha value is -4.81. The fraction of sp³-hybridized carbons (Fsp3) is 0.114. The maximum atomic E-state index is 12.1. The van der Waals surface area contributed by atoms with Crippen LogP contribution in [0.25, 0.3) is 10.8 Å². The fourth-order valence-corrected chi connectivity index (χ4v) is 4.61. The van der Waals surface area contributed by atoms with E-state index in [1.165, 1.54) is 30.2 Å². The molecule has 0 saturated heterocycles. The Kier molecular flexibility index (Phi) is 9.61. The predicted octanol–water partition coefficient (Wildman–Crippen LogP) is 7.51. The maximum Gasteiger partial charge on any atom is 0.269 e. The molecule has 1 atom stereocenters. The molecule has 0 amide bonds. The van der Waals surface area contributed by atoms with Gasteiger partial charge in [0.25, 0.3) is 5.17 Å². The number of aryl methyl sites for hydroxylation is 1. The van der Waals surface area contributed by atoms with E-state index >= 15 is 0 Å². The lowest BCUT2D eigenvalue weighted by Crippen LogP contribution is -2.29. The zero-order chi connectivity index (χ0) is 29.4. The molecule has 0 radical (unpaired) electrons. The first-order valence-corrected chi connectivity index (χ1v) is 13.5. The Morgan fingerprint density at radius 2 is 1.56 bits per heavy atom. The largest absolute Gasteiger partial charge is 0.493 e. The number of hydrogen-bond donors (Lipinski definition) is 0. The van der Waals surface area contributed by atoms with Crippen LogP contribution in [0.15, 0.2) is 133 Å². The highest BCUT2D eigenvalue weighted by Gasteiger charge is 2.26. The van der Waals surface area contributed by atoms with Crippen LogP contribution < -0.4 is 9.64 Å².